The summed E-state index contributed by atoms with van der Waals surface area (Å²) in [4.78, 5) is 38.4. The van der Waals surface area contributed by atoms with Gasteiger partial charge in [-0.25, -0.2) is 9.37 Å². The minimum atomic E-state index is -0.540. The molecule has 0 saturated heterocycles. The lowest BCUT2D eigenvalue weighted by molar-refractivity contribution is 0.0934. The third-order valence-corrected chi connectivity index (χ3v) is 6.73. The second-order valence-corrected chi connectivity index (χ2v) is 9.44. The van der Waals surface area contributed by atoms with Crippen molar-refractivity contribution < 1.29 is 18.5 Å². The number of nitrogens with one attached hydrogen (secondary N) is 2. The van der Waals surface area contributed by atoms with E-state index in [2.05, 4.69) is 35.8 Å². The van der Waals surface area contributed by atoms with Crippen LogP contribution in [-0.2, 0) is 6.54 Å². The lowest BCUT2D eigenvalue weighted by Crippen LogP contribution is -2.33. The Morgan fingerprint density at radius 3 is 2.68 bits per heavy atom. The molecule has 3 aromatic heterocycles. The van der Waals surface area contributed by atoms with Crippen molar-refractivity contribution in [3.63, 3.8) is 0 Å². The van der Waals surface area contributed by atoms with Gasteiger partial charge in [-0.05, 0) is 56.2 Å². The van der Waals surface area contributed by atoms with Crippen molar-refractivity contribution in [3.8, 4) is 0 Å². The van der Waals surface area contributed by atoms with Gasteiger partial charge in [-0.15, -0.1) is 0 Å². The van der Waals surface area contributed by atoms with E-state index in [4.69, 9.17) is 16.1 Å². The Kier molecular flexibility index (Phi) is 7.08. The summed E-state index contributed by atoms with van der Waals surface area (Å²) in [6.07, 6.45) is 4.93. The Labute approximate surface area is 215 Å². The number of carbonyl (C=O) groups is 2. The summed E-state index contributed by atoms with van der Waals surface area (Å²) < 4.78 is 20.0. The SMILES string of the molecule is Cc1noc([C@H]2CC[C@H](CNC(=O)c3cc(C(=O)NCc4ccc(F)c(Cl)c4)nc4ncnn34)CC2)n1. The Hall–Kier alpha value is -3.93. The van der Waals surface area contributed by atoms with Crippen LogP contribution < -0.4 is 10.6 Å². The molecule has 2 N–H and O–H groups in total. The van der Waals surface area contributed by atoms with Crippen LogP contribution in [0.15, 0.2) is 35.1 Å². The van der Waals surface area contributed by atoms with Gasteiger partial charge in [0, 0.05) is 25.1 Å². The predicted octanol–water partition coefficient (Wildman–Crippen LogP) is 3.24. The van der Waals surface area contributed by atoms with Crippen LogP contribution in [0.4, 0.5) is 4.39 Å². The summed E-state index contributed by atoms with van der Waals surface area (Å²) >= 11 is 5.80. The van der Waals surface area contributed by atoms with Crippen molar-refractivity contribution in [1.29, 1.82) is 0 Å². The van der Waals surface area contributed by atoms with Gasteiger partial charge in [0.15, 0.2) is 5.82 Å². The van der Waals surface area contributed by atoms with E-state index in [1.165, 1.54) is 35.1 Å². The number of rotatable bonds is 7. The molecule has 1 aliphatic rings. The molecule has 5 rings (SSSR count). The van der Waals surface area contributed by atoms with E-state index in [9.17, 15) is 14.0 Å². The molecule has 4 aromatic rings. The molecule has 1 fully saturated rings. The second kappa shape index (κ2) is 10.6. The predicted molar refractivity (Wildman–Crippen MR) is 129 cm³/mol. The summed E-state index contributed by atoms with van der Waals surface area (Å²) in [6, 6.07) is 5.55. The van der Waals surface area contributed by atoms with Crippen molar-refractivity contribution in [1.82, 2.24) is 40.4 Å². The van der Waals surface area contributed by atoms with E-state index in [0.717, 1.165) is 25.7 Å². The van der Waals surface area contributed by atoms with Crippen LogP contribution in [-0.4, -0.2) is 48.1 Å². The number of aryl methyl sites for hydroxylation is 1. The van der Waals surface area contributed by atoms with Gasteiger partial charge in [-0.2, -0.15) is 19.6 Å². The van der Waals surface area contributed by atoms with E-state index in [1.807, 2.05) is 0 Å². The molecule has 0 spiro atoms. The fourth-order valence-electron chi connectivity index (χ4n) is 4.43. The van der Waals surface area contributed by atoms with E-state index in [1.54, 1.807) is 6.92 Å². The van der Waals surface area contributed by atoms with Crippen LogP contribution in [0.2, 0.25) is 5.02 Å². The van der Waals surface area contributed by atoms with Crippen LogP contribution in [0.1, 0.15) is 69.9 Å². The Morgan fingerprint density at radius 1 is 1.14 bits per heavy atom. The van der Waals surface area contributed by atoms with E-state index in [0.29, 0.717) is 29.7 Å². The molecule has 0 radical (unpaired) electrons. The zero-order valence-electron chi connectivity index (χ0n) is 19.9. The summed E-state index contributed by atoms with van der Waals surface area (Å²) in [5, 5.41) is 13.6. The number of hydrogen-bond acceptors (Lipinski definition) is 8. The molecule has 37 heavy (non-hydrogen) atoms. The van der Waals surface area contributed by atoms with Crippen molar-refractivity contribution in [2.75, 3.05) is 6.54 Å². The van der Waals surface area contributed by atoms with Gasteiger partial charge >= 0.3 is 0 Å². The standard InChI is InChI=1S/C24H24ClFN8O3/c1-13-31-23(37-33-13)16-5-2-14(3-6-16)10-28-22(36)20-9-19(32-24-29-12-30-34(20)24)21(35)27-11-15-4-7-18(26)17(25)8-15/h4,7-9,12,14,16H,2-3,5-6,10-11H2,1H3,(H,27,35)(H,28,36)/t14-,16-. The first-order valence-electron chi connectivity index (χ1n) is 11.9. The molecule has 2 amide bonds. The fraction of sp³-hybridized carbons (Fsp3) is 0.375. The molecular formula is C24H24ClFN8O3. The molecule has 0 atom stereocenters. The van der Waals surface area contributed by atoms with Gasteiger partial charge in [0.25, 0.3) is 17.6 Å². The number of benzene rings is 1. The zero-order chi connectivity index (χ0) is 25.9. The highest BCUT2D eigenvalue weighted by Crippen LogP contribution is 2.34. The number of amides is 2. The Morgan fingerprint density at radius 2 is 1.95 bits per heavy atom. The molecular weight excluding hydrogens is 503 g/mol. The fourth-order valence-corrected chi connectivity index (χ4v) is 4.64. The number of aromatic nitrogens is 6. The molecule has 0 unspecified atom stereocenters. The van der Waals surface area contributed by atoms with Crippen LogP contribution in [0.25, 0.3) is 5.78 Å². The van der Waals surface area contributed by atoms with E-state index in [-0.39, 0.29) is 40.6 Å². The van der Waals surface area contributed by atoms with Gasteiger partial charge in [0.2, 0.25) is 5.89 Å². The molecule has 1 saturated carbocycles. The second-order valence-electron chi connectivity index (χ2n) is 9.04. The molecule has 1 aromatic carbocycles. The largest absolute Gasteiger partial charge is 0.350 e. The van der Waals surface area contributed by atoms with Crippen molar-refractivity contribution in [2.24, 2.45) is 5.92 Å². The third kappa shape index (κ3) is 5.58. The monoisotopic (exact) mass is 526 g/mol. The maximum Gasteiger partial charge on any atom is 0.270 e. The summed E-state index contributed by atoms with van der Waals surface area (Å²) in [6.45, 7) is 2.39. The Balaban J connectivity index is 1.21. The highest BCUT2D eigenvalue weighted by Gasteiger charge is 2.27. The van der Waals surface area contributed by atoms with Gasteiger partial charge in [0.05, 0.1) is 5.02 Å². The summed E-state index contributed by atoms with van der Waals surface area (Å²) in [5.74, 6) is 0.547. The normalized spacial score (nSPS) is 17.6. The first kappa shape index (κ1) is 24.8. The first-order valence-corrected chi connectivity index (χ1v) is 12.3. The zero-order valence-corrected chi connectivity index (χ0v) is 20.7. The lowest BCUT2D eigenvalue weighted by atomic mass is 9.82. The molecule has 0 bridgehead atoms. The molecule has 11 nitrogen and oxygen atoms in total. The number of halogens is 2. The number of carbonyl (C=O) groups excluding carboxylic acids is 2. The topological polar surface area (TPSA) is 140 Å². The molecule has 13 heteroatoms. The smallest absolute Gasteiger partial charge is 0.270 e. The molecule has 3 heterocycles. The summed E-state index contributed by atoms with van der Waals surface area (Å²) in [5.41, 5.74) is 0.770. The average Bonchev–Trinajstić information content (AvgIpc) is 3.56. The molecule has 0 aliphatic heterocycles. The maximum absolute atomic E-state index is 13.4. The third-order valence-electron chi connectivity index (χ3n) is 6.44. The minimum absolute atomic E-state index is 0.00853. The molecule has 192 valence electrons. The van der Waals surface area contributed by atoms with E-state index < -0.39 is 11.7 Å². The van der Waals surface area contributed by atoms with Crippen molar-refractivity contribution >= 4 is 29.2 Å². The number of nitrogens with zero attached hydrogens (tertiary/aromatic N) is 6. The minimum Gasteiger partial charge on any atom is -0.350 e. The van der Waals surface area contributed by atoms with Crippen molar-refractivity contribution in [3.05, 3.63) is 70.1 Å². The summed E-state index contributed by atoms with van der Waals surface area (Å²) in [7, 11) is 0. The number of hydrogen-bond donors (Lipinski definition) is 2. The number of fused-ring (bicyclic) bond motifs is 1. The van der Waals surface area contributed by atoms with Crippen LogP contribution in [0, 0.1) is 18.7 Å². The van der Waals surface area contributed by atoms with E-state index >= 15 is 0 Å². The van der Waals surface area contributed by atoms with Gasteiger partial charge < -0.3 is 15.2 Å². The van der Waals surface area contributed by atoms with Gasteiger partial charge in [-0.3, -0.25) is 9.59 Å². The average molecular weight is 527 g/mol. The first-order chi connectivity index (χ1) is 17.9. The highest BCUT2D eigenvalue weighted by atomic mass is 35.5. The highest BCUT2D eigenvalue weighted by molar-refractivity contribution is 6.30. The Bertz CT molecular complexity index is 1450. The van der Waals surface area contributed by atoms with Crippen LogP contribution >= 0.6 is 11.6 Å². The van der Waals surface area contributed by atoms with Gasteiger partial charge in [-0.1, -0.05) is 22.8 Å². The lowest BCUT2D eigenvalue weighted by Gasteiger charge is -2.26. The van der Waals surface area contributed by atoms with Crippen LogP contribution in [0.5, 0.6) is 0 Å². The van der Waals surface area contributed by atoms with Crippen molar-refractivity contribution in [2.45, 2.75) is 45.1 Å². The van der Waals surface area contributed by atoms with Crippen LogP contribution in [0.3, 0.4) is 0 Å². The quantitative estimate of drug-likeness (QED) is 0.374. The maximum atomic E-state index is 13.4. The van der Waals surface area contributed by atoms with Gasteiger partial charge in [0.1, 0.15) is 23.5 Å². The molecule has 1 aliphatic carbocycles.